The van der Waals surface area contributed by atoms with E-state index in [1.807, 2.05) is 36.8 Å². The number of rotatable bonds is 6. The molecule has 17 heavy (non-hydrogen) atoms. The number of hydrogen-bond acceptors (Lipinski definition) is 4. The average molecular weight is 248 g/mol. The molecule has 0 unspecified atom stereocenters. The van der Waals surface area contributed by atoms with Crippen molar-refractivity contribution in [2.24, 2.45) is 0 Å². The van der Waals surface area contributed by atoms with Gasteiger partial charge in [-0.3, -0.25) is 4.98 Å². The highest BCUT2D eigenvalue weighted by atomic mass is 32.1. The number of nitrogens with one attached hydrogen (secondary N) is 1. The van der Waals surface area contributed by atoms with Gasteiger partial charge in [0.15, 0.2) is 0 Å². The van der Waals surface area contributed by atoms with Gasteiger partial charge in [0.05, 0.1) is 12.1 Å². The van der Waals surface area contributed by atoms with Gasteiger partial charge in [-0.1, -0.05) is 18.2 Å². The van der Waals surface area contributed by atoms with E-state index in [9.17, 15) is 0 Å². The minimum atomic E-state index is 0.700. The fraction of sp³-hybridized carbons (Fsp3) is 0.308. The van der Waals surface area contributed by atoms with Crippen LogP contribution in [0.3, 0.4) is 0 Å². The summed E-state index contributed by atoms with van der Waals surface area (Å²) in [6.45, 7) is 4.37. The Morgan fingerprint density at radius 1 is 1.29 bits per heavy atom. The van der Waals surface area contributed by atoms with Crippen molar-refractivity contribution >= 4 is 11.3 Å². The van der Waals surface area contributed by atoms with E-state index < -0.39 is 0 Å². The van der Waals surface area contributed by atoms with E-state index in [0.717, 1.165) is 18.8 Å². The number of nitrogens with zero attached hydrogens (tertiary/aromatic N) is 1. The maximum Gasteiger partial charge on any atom is 0.123 e. The third-order valence-corrected chi connectivity index (χ3v) is 3.15. The van der Waals surface area contributed by atoms with E-state index >= 15 is 0 Å². The number of ether oxygens (including phenoxy) is 1. The van der Waals surface area contributed by atoms with Crippen LogP contribution in [0.2, 0.25) is 0 Å². The van der Waals surface area contributed by atoms with Crippen molar-refractivity contribution in [2.45, 2.75) is 20.0 Å². The zero-order chi connectivity index (χ0) is 11.9. The van der Waals surface area contributed by atoms with Gasteiger partial charge < -0.3 is 10.1 Å². The molecule has 0 saturated carbocycles. The minimum absolute atomic E-state index is 0.700. The van der Waals surface area contributed by atoms with Gasteiger partial charge in [0.1, 0.15) is 5.75 Å². The molecule has 1 heterocycles. The lowest BCUT2D eigenvalue weighted by Crippen LogP contribution is -2.12. The second kappa shape index (κ2) is 6.37. The Hall–Kier alpha value is -1.39. The monoisotopic (exact) mass is 248 g/mol. The molecule has 1 aromatic heterocycles. The predicted molar refractivity (Wildman–Crippen MR) is 70.3 cm³/mol. The molecule has 3 nitrogen and oxygen atoms in total. The van der Waals surface area contributed by atoms with E-state index in [4.69, 9.17) is 4.74 Å². The largest absolute Gasteiger partial charge is 0.494 e. The molecule has 0 amide bonds. The Balaban J connectivity index is 1.89. The quantitative estimate of drug-likeness (QED) is 0.853. The normalized spacial score (nSPS) is 10.4. The van der Waals surface area contributed by atoms with Crippen LogP contribution < -0.4 is 10.1 Å². The predicted octanol–water partition coefficient (Wildman–Crippen LogP) is 2.83. The summed E-state index contributed by atoms with van der Waals surface area (Å²) < 4.78 is 5.58. The Morgan fingerprint density at radius 2 is 2.18 bits per heavy atom. The molecular weight excluding hydrogens is 232 g/mol. The number of thiazole rings is 1. The Bertz CT molecular complexity index is 442. The van der Waals surface area contributed by atoms with Gasteiger partial charge in [-0.15, -0.1) is 11.3 Å². The summed E-state index contributed by atoms with van der Waals surface area (Å²) in [4.78, 5) is 5.30. The molecule has 0 atom stereocenters. The van der Waals surface area contributed by atoms with Crippen LogP contribution in [-0.2, 0) is 13.1 Å². The molecule has 4 heteroatoms. The van der Waals surface area contributed by atoms with Gasteiger partial charge in [0, 0.05) is 29.7 Å². The summed E-state index contributed by atoms with van der Waals surface area (Å²) in [7, 11) is 0. The number of para-hydroxylation sites is 1. The van der Waals surface area contributed by atoms with Crippen LogP contribution in [0.25, 0.3) is 0 Å². The maximum absolute atomic E-state index is 5.58. The SMILES string of the molecule is CCOc1ccccc1CNCc1cncs1. The van der Waals surface area contributed by atoms with Crippen LogP contribution in [-0.4, -0.2) is 11.6 Å². The van der Waals surface area contributed by atoms with E-state index in [1.54, 1.807) is 11.3 Å². The van der Waals surface area contributed by atoms with E-state index in [-0.39, 0.29) is 0 Å². The summed E-state index contributed by atoms with van der Waals surface area (Å²) in [5.74, 6) is 0.965. The lowest BCUT2D eigenvalue weighted by Gasteiger charge is -2.10. The van der Waals surface area contributed by atoms with Gasteiger partial charge in [-0.25, -0.2) is 0 Å². The third-order valence-electron chi connectivity index (χ3n) is 2.37. The van der Waals surface area contributed by atoms with Crippen molar-refractivity contribution in [2.75, 3.05) is 6.61 Å². The van der Waals surface area contributed by atoms with Crippen LogP contribution in [0.15, 0.2) is 36.0 Å². The summed E-state index contributed by atoms with van der Waals surface area (Å²) in [5.41, 5.74) is 3.05. The van der Waals surface area contributed by atoms with Crippen LogP contribution in [0, 0.1) is 0 Å². The van der Waals surface area contributed by atoms with Crippen molar-refractivity contribution < 1.29 is 4.74 Å². The van der Waals surface area contributed by atoms with Gasteiger partial charge >= 0.3 is 0 Å². The van der Waals surface area contributed by atoms with E-state index in [1.165, 1.54) is 10.4 Å². The standard InChI is InChI=1S/C13H16N2OS/c1-2-16-13-6-4-3-5-11(13)7-14-8-12-9-15-10-17-12/h3-6,9-10,14H,2,7-8H2,1H3. The highest BCUT2D eigenvalue weighted by Gasteiger charge is 2.02. The number of benzene rings is 1. The lowest BCUT2D eigenvalue weighted by atomic mass is 10.2. The molecule has 0 aliphatic carbocycles. The fourth-order valence-electron chi connectivity index (χ4n) is 1.60. The summed E-state index contributed by atoms with van der Waals surface area (Å²) >= 11 is 1.67. The molecular formula is C13H16N2OS. The smallest absolute Gasteiger partial charge is 0.123 e. The van der Waals surface area contributed by atoms with Gasteiger partial charge in [-0.2, -0.15) is 0 Å². The second-order valence-corrected chi connectivity index (χ2v) is 4.58. The minimum Gasteiger partial charge on any atom is -0.494 e. The number of hydrogen-bond donors (Lipinski definition) is 1. The molecule has 0 aliphatic rings. The molecule has 90 valence electrons. The molecule has 1 N–H and O–H groups in total. The van der Waals surface area contributed by atoms with Crippen molar-refractivity contribution in [3.05, 3.63) is 46.4 Å². The topological polar surface area (TPSA) is 34.1 Å². The Labute approximate surface area is 105 Å². The van der Waals surface area contributed by atoms with Crippen LogP contribution in [0.5, 0.6) is 5.75 Å². The van der Waals surface area contributed by atoms with Crippen LogP contribution in [0.4, 0.5) is 0 Å². The van der Waals surface area contributed by atoms with E-state index in [2.05, 4.69) is 16.4 Å². The Kier molecular flexibility index (Phi) is 4.53. The third kappa shape index (κ3) is 3.54. The first kappa shape index (κ1) is 12.1. The molecule has 0 saturated heterocycles. The van der Waals surface area contributed by atoms with E-state index in [0.29, 0.717) is 6.61 Å². The van der Waals surface area contributed by atoms with Gasteiger partial charge in [0.2, 0.25) is 0 Å². The Morgan fingerprint density at radius 3 is 2.94 bits per heavy atom. The second-order valence-electron chi connectivity index (χ2n) is 3.61. The van der Waals surface area contributed by atoms with Crippen LogP contribution >= 0.6 is 11.3 Å². The summed E-state index contributed by atoms with van der Waals surface area (Å²) in [6, 6.07) is 8.13. The van der Waals surface area contributed by atoms with Crippen molar-refractivity contribution in [1.82, 2.24) is 10.3 Å². The summed E-state index contributed by atoms with van der Waals surface area (Å²) in [5, 5.41) is 3.39. The molecule has 0 spiro atoms. The fourth-order valence-corrected chi connectivity index (χ4v) is 2.16. The zero-order valence-electron chi connectivity index (χ0n) is 9.85. The summed E-state index contributed by atoms with van der Waals surface area (Å²) in [6.07, 6.45) is 1.89. The van der Waals surface area contributed by atoms with Crippen molar-refractivity contribution in [3.63, 3.8) is 0 Å². The van der Waals surface area contributed by atoms with Crippen LogP contribution in [0.1, 0.15) is 17.4 Å². The highest BCUT2D eigenvalue weighted by molar-refractivity contribution is 7.09. The zero-order valence-corrected chi connectivity index (χ0v) is 10.7. The average Bonchev–Trinajstić information content (AvgIpc) is 2.85. The van der Waals surface area contributed by atoms with Gasteiger partial charge in [-0.05, 0) is 13.0 Å². The maximum atomic E-state index is 5.58. The number of aromatic nitrogens is 1. The van der Waals surface area contributed by atoms with Crippen molar-refractivity contribution in [1.29, 1.82) is 0 Å². The lowest BCUT2D eigenvalue weighted by molar-refractivity contribution is 0.335. The van der Waals surface area contributed by atoms with Crippen molar-refractivity contribution in [3.8, 4) is 5.75 Å². The molecule has 0 fully saturated rings. The first-order valence-electron chi connectivity index (χ1n) is 5.69. The molecule has 0 bridgehead atoms. The molecule has 1 aromatic carbocycles. The first-order chi connectivity index (χ1) is 8.40. The van der Waals surface area contributed by atoms with Gasteiger partial charge in [0.25, 0.3) is 0 Å². The molecule has 2 rings (SSSR count). The first-order valence-corrected chi connectivity index (χ1v) is 6.57. The highest BCUT2D eigenvalue weighted by Crippen LogP contribution is 2.17. The molecule has 0 aliphatic heterocycles. The molecule has 0 radical (unpaired) electrons. The molecule has 2 aromatic rings.